The van der Waals surface area contributed by atoms with E-state index in [4.69, 9.17) is 14.8 Å². The van der Waals surface area contributed by atoms with Crippen molar-refractivity contribution in [3.63, 3.8) is 0 Å². The Kier molecular flexibility index (Phi) is 10.2. The molecule has 4 aromatic heterocycles. The van der Waals surface area contributed by atoms with Crippen LogP contribution in [0.5, 0.6) is 5.75 Å². The topological polar surface area (TPSA) is 134 Å². The van der Waals surface area contributed by atoms with Crippen molar-refractivity contribution in [2.75, 3.05) is 55.9 Å². The lowest BCUT2D eigenvalue weighted by Gasteiger charge is -2.33. The van der Waals surface area contributed by atoms with Gasteiger partial charge in [-0.3, -0.25) is 9.72 Å². The van der Waals surface area contributed by atoms with Gasteiger partial charge in [-0.05, 0) is 76.4 Å². The Balaban J connectivity index is 1.08. The Hall–Kier alpha value is -5.24. The third-order valence-corrected chi connectivity index (χ3v) is 10.2. The van der Waals surface area contributed by atoms with Gasteiger partial charge in [-0.15, -0.1) is 10.2 Å². The first-order valence-electron chi connectivity index (χ1n) is 18.7. The lowest BCUT2D eigenvalue weighted by Crippen LogP contribution is -2.38. The molecule has 3 atom stereocenters. The van der Waals surface area contributed by atoms with Crippen LogP contribution in [0.15, 0.2) is 60.9 Å². The molecule has 14 nitrogen and oxygen atoms in total. The summed E-state index contributed by atoms with van der Waals surface area (Å²) < 4.78 is 10.4. The maximum absolute atomic E-state index is 13.8. The molecule has 2 N–H and O–H groups in total. The van der Waals surface area contributed by atoms with E-state index >= 15 is 0 Å². The molecular weight excluding hydrogens is 669 g/mol. The summed E-state index contributed by atoms with van der Waals surface area (Å²) in [7, 11) is 6.05. The molecule has 1 aliphatic carbocycles. The quantitative estimate of drug-likeness (QED) is 0.173. The molecule has 1 saturated heterocycles. The van der Waals surface area contributed by atoms with Crippen molar-refractivity contribution in [3.05, 3.63) is 77.7 Å². The molecule has 53 heavy (non-hydrogen) atoms. The summed E-state index contributed by atoms with van der Waals surface area (Å²) in [5.74, 6) is 3.30. The van der Waals surface area contributed by atoms with Crippen LogP contribution in [0.25, 0.3) is 11.5 Å². The smallest absolute Gasteiger partial charge is 0.320 e. The molecule has 7 rings (SSSR count). The van der Waals surface area contributed by atoms with Crippen LogP contribution in [-0.2, 0) is 5.41 Å². The summed E-state index contributed by atoms with van der Waals surface area (Å²) in [6, 6.07) is 15.7. The maximum Gasteiger partial charge on any atom is 0.320 e. The molecule has 280 valence electrons. The predicted octanol–water partition coefficient (Wildman–Crippen LogP) is 6.16. The van der Waals surface area contributed by atoms with Crippen molar-refractivity contribution in [1.82, 2.24) is 44.6 Å². The Bertz CT molecular complexity index is 2050. The molecule has 5 aromatic rings. The predicted molar refractivity (Wildman–Crippen MR) is 207 cm³/mol. The fraction of sp³-hybridized carbons (Fsp3) is 0.487. The normalized spacial score (nSPS) is 18.9. The fourth-order valence-electron chi connectivity index (χ4n) is 7.12. The first kappa shape index (κ1) is 36.1. The van der Waals surface area contributed by atoms with Crippen molar-refractivity contribution in [1.29, 1.82) is 0 Å². The molecule has 1 aromatic carbocycles. The van der Waals surface area contributed by atoms with Crippen LogP contribution in [0.2, 0.25) is 0 Å². The number of anilines is 3. The van der Waals surface area contributed by atoms with Crippen LogP contribution in [0.1, 0.15) is 88.8 Å². The van der Waals surface area contributed by atoms with Crippen molar-refractivity contribution in [2.45, 2.75) is 83.4 Å². The molecule has 0 radical (unpaired) electrons. The van der Waals surface area contributed by atoms with Crippen LogP contribution in [0, 0.1) is 0 Å². The minimum atomic E-state index is -0.319. The van der Waals surface area contributed by atoms with E-state index in [1.807, 2.05) is 67.0 Å². The number of amides is 2. The molecule has 14 heteroatoms. The zero-order valence-corrected chi connectivity index (χ0v) is 32.0. The third kappa shape index (κ3) is 7.92. The second-order valence-corrected chi connectivity index (χ2v) is 15.6. The van der Waals surface area contributed by atoms with Gasteiger partial charge in [0.25, 0.3) is 0 Å². The van der Waals surface area contributed by atoms with Gasteiger partial charge in [-0.25, -0.2) is 9.78 Å². The van der Waals surface area contributed by atoms with Gasteiger partial charge in [0.15, 0.2) is 11.5 Å². The molecular formula is C39H52N12O2. The molecule has 1 fully saturated rings. The SMILES string of the molecule is C[C@H]1CCCCN1c1nnc2ccc(O[C@@H]3CC[C@H](NC(=O)Nc4cc(C(C)(C)C)nn4-c4ccnc(N(C)CCN(C)C)n4)c4ccccc43)cn12. The van der Waals surface area contributed by atoms with E-state index in [1.54, 1.807) is 16.9 Å². The van der Waals surface area contributed by atoms with E-state index in [9.17, 15) is 4.79 Å². The van der Waals surface area contributed by atoms with Gasteiger partial charge in [0.05, 0.1) is 17.9 Å². The highest BCUT2D eigenvalue weighted by atomic mass is 16.5. The first-order valence-corrected chi connectivity index (χ1v) is 18.7. The standard InChI is InChI=1S/C39H52N12O2/c1-26-12-10-11-21-49(26)38-45-44-34-18-15-27(25-50(34)38)53-31-17-16-30(28-13-8-9-14-29(28)31)41-37(52)43-35-24-32(39(2,3)4)46-51(35)33-19-20-40-36(42-33)48(7)23-22-47(5)6/h8-9,13-15,18-20,24-26,30-31H,10-12,16-17,21-23H2,1-7H3,(H2,41,43,52)/t26-,30-,31+/m0/s1. The average Bonchev–Trinajstić information content (AvgIpc) is 3.76. The van der Waals surface area contributed by atoms with E-state index in [0.717, 1.165) is 73.1 Å². The molecule has 0 saturated carbocycles. The number of carbonyl (C=O) groups excluding carboxylic acids is 1. The number of ether oxygens (including phenoxy) is 1. The van der Waals surface area contributed by atoms with Gasteiger partial charge in [-0.1, -0.05) is 45.0 Å². The van der Waals surface area contributed by atoms with Gasteiger partial charge in [0.2, 0.25) is 11.9 Å². The number of likely N-dealkylation sites (N-methyl/N-ethyl adjacent to an activating group) is 2. The Morgan fingerprint density at radius 2 is 1.79 bits per heavy atom. The second kappa shape index (κ2) is 15.0. The number of carbonyl (C=O) groups is 1. The zero-order chi connectivity index (χ0) is 37.3. The van der Waals surface area contributed by atoms with Gasteiger partial charge >= 0.3 is 6.03 Å². The number of hydrogen-bond donors (Lipinski definition) is 2. The van der Waals surface area contributed by atoms with E-state index in [-0.39, 0.29) is 23.6 Å². The van der Waals surface area contributed by atoms with E-state index in [1.165, 1.54) is 6.42 Å². The minimum absolute atomic E-state index is 0.169. The highest BCUT2D eigenvalue weighted by Crippen LogP contribution is 2.39. The van der Waals surface area contributed by atoms with Crippen LogP contribution >= 0.6 is 0 Å². The summed E-state index contributed by atoms with van der Waals surface area (Å²) in [6.07, 6.45) is 8.54. The molecule has 2 amide bonds. The van der Waals surface area contributed by atoms with Crippen LogP contribution < -0.4 is 25.2 Å². The van der Waals surface area contributed by atoms with Gasteiger partial charge in [-0.2, -0.15) is 14.8 Å². The summed E-state index contributed by atoms with van der Waals surface area (Å²) in [6.45, 7) is 11.1. The number of piperidine rings is 1. The summed E-state index contributed by atoms with van der Waals surface area (Å²) in [5.41, 5.74) is 3.48. The Morgan fingerprint density at radius 3 is 2.57 bits per heavy atom. The Labute approximate surface area is 311 Å². The maximum atomic E-state index is 13.8. The van der Waals surface area contributed by atoms with E-state index in [2.05, 4.69) is 75.4 Å². The lowest BCUT2D eigenvalue weighted by atomic mass is 9.85. The fourth-order valence-corrected chi connectivity index (χ4v) is 7.12. The Morgan fingerprint density at radius 1 is 0.981 bits per heavy atom. The van der Waals surface area contributed by atoms with Crippen molar-refractivity contribution < 1.29 is 9.53 Å². The van der Waals surface area contributed by atoms with E-state index in [0.29, 0.717) is 30.0 Å². The second-order valence-electron chi connectivity index (χ2n) is 15.6. The van der Waals surface area contributed by atoms with Crippen LogP contribution in [-0.4, -0.2) is 92.1 Å². The summed E-state index contributed by atoms with van der Waals surface area (Å²) >= 11 is 0. The summed E-state index contributed by atoms with van der Waals surface area (Å²) in [4.78, 5) is 29.5. The van der Waals surface area contributed by atoms with Gasteiger partial charge in [0.1, 0.15) is 17.7 Å². The number of pyridine rings is 1. The molecule has 2 aliphatic rings. The molecule has 0 bridgehead atoms. The number of urea groups is 1. The van der Waals surface area contributed by atoms with Crippen LogP contribution in [0.3, 0.4) is 0 Å². The number of nitrogens with zero attached hydrogens (tertiary/aromatic N) is 10. The van der Waals surface area contributed by atoms with Crippen molar-refractivity contribution in [3.8, 4) is 11.6 Å². The molecule has 0 unspecified atom stereocenters. The third-order valence-electron chi connectivity index (χ3n) is 10.2. The molecule has 0 spiro atoms. The highest BCUT2D eigenvalue weighted by Gasteiger charge is 2.31. The van der Waals surface area contributed by atoms with Gasteiger partial charge < -0.3 is 24.8 Å². The number of nitrogens with one attached hydrogen (secondary N) is 2. The number of fused-ring (bicyclic) bond motifs is 2. The van der Waals surface area contributed by atoms with Gasteiger partial charge in [0, 0.05) is 56.5 Å². The zero-order valence-electron chi connectivity index (χ0n) is 32.0. The highest BCUT2D eigenvalue weighted by molar-refractivity contribution is 5.89. The van der Waals surface area contributed by atoms with Crippen LogP contribution in [0.4, 0.5) is 22.5 Å². The van der Waals surface area contributed by atoms with Crippen molar-refractivity contribution >= 4 is 29.4 Å². The molecule has 5 heterocycles. The van der Waals surface area contributed by atoms with Crippen molar-refractivity contribution in [2.24, 2.45) is 0 Å². The number of hydrogen-bond acceptors (Lipinski definition) is 10. The number of rotatable bonds is 10. The number of benzene rings is 1. The minimum Gasteiger partial charge on any atom is -0.484 e. The molecule has 1 aliphatic heterocycles. The first-order chi connectivity index (χ1) is 25.4. The van der Waals surface area contributed by atoms with E-state index < -0.39 is 0 Å². The largest absolute Gasteiger partial charge is 0.484 e. The monoisotopic (exact) mass is 720 g/mol. The summed E-state index contributed by atoms with van der Waals surface area (Å²) in [5, 5.41) is 20.2. The lowest BCUT2D eigenvalue weighted by molar-refractivity contribution is 0.171. The number of aromatic nitrogens is 7. The average molecular weight is 721 g/mol.